The van der Waals surface area contributed by atoms with Crippen LogP contribution in [0.2, 0.25) is 0 Å². The van der Waals surface area contributed by atoms with E-state index in [1.165, 1.54) is 0 Å². The molecule has 0 unspecified atom stereocenters. The van der Waals surface area contributed by atoms with E-state index in [1.807, 2.05) is 36.4 Å². The summed E-state index contributed by atoms with van der Waals surface area (Å²) in [6, 6.07) is 12.9. The van der Waals surface area contributed by atoms with E-state index in [4.69, 9.17) is 0 Å². The van der Waals surface area contributed by atoms with Gasteiger partial charge in [-0.05, 0) is 69.4 Å². The molecule has 2 aromatic carbocycles. The zero-order valence-electron chi connectivity index (χ0n) is 11.7. The van der Waals surface area contributed by atoms with Crippen molar-refractivity contribution in [2.75, 3.05) is 5.32 Å². The van der Waals surface area contributed by atoms with Crippen molar-refractivity contribution >= 4 is 73.7 Å². The van der Waals surface area contributed by atoms with Crippen molar-refractivity contribution in [2.24, 2.45) is 0 Å². The second kappa shape index (κ2) is 6.69. The number of nitrogens with one attached hydrogen (secondary N) is 1. The molecule has 0 fully saturated rings. The van der Waals surface area contributed by atoms with Gasteiger partial charge >= 0.3 is 0 Å². The van der Waals surface area contributed by atoms with E-state index in [-0.39, 0.29) is 11.5 Å². The molecule has 0 bridgehead atoms. The van der Waals surface area contributed by atoms with Crippen molar-refractivity contribution in [3.8, 4) is 0 Å². The summed E-state index contributed by atoms with van der Waals surface area (Å²) in [6.07, 6.45) is -0.262. The van der Waals surface area contributed by atoms with Crippen LogP contribution in [0.15, 0.2) is 47.4 Å². The van der Waals surface area contributed by atoms with Crippen molar-refractivity contribution in [1.82, 2.24) is 0 Å². The number of amides is 1. The number of carbonyl (C=O) groups excluding carboxylic acids is 2. The van der Waals surface area contributed by atoms with Crippen LogP contribution in [-0.2, 0) is 15.2 Å². The Labute approximate surface area is 164 Å². The Balaban J connectivity index is 1.88. The standard InChI is InChI=1S/C16H11I2NO3S/c17-9-6-11(18)14-12(7-9)19-15(21)16(14,22)8-13(20)23-10-4-2-1-3-5-10/h1-7,22H,8H2,(H,19,21)/t16-/m1/s1. The van der Waals surface area contributed by atoms with Gasteiger partial charge in [0, 0.05) is 23.3 Å². The number of benzene rings is 2. The number of aliphatic hydroxyl groups is 1. The van der Waals surface area contributed by atoms with Crippen LogP contribution in [0.4, 0.5) is 5.69 Å². The van der Waals surface area contributed by atoms with Crippen molar-refractivity contribution < 1.29 is 14.7 Å². The molecule has 1 aliphatic rings. The van der Waals surface area contributed by atoms with E-state index in [0.717, 1.165) is 23.8 Å². The SMILES string of the molecule is O=C(C[C@]1(O)C(=O)Nc2cc(I)cc(I)c21)Sc1ccccc1. The predicted octanol–water partition coefficient (Wildman–Crippen LogP) is 3.74. The Morgan fingerprint density at radius 3 is 2.61 bits per heavy atom. The molecule has 23 heavy (non-hydrogen) atoms. The summed E-state index contributed by atoms with van der Waals surface area (Å²) in [7, 11) is 0. The molecule has 118 valence electrons. The largest absolute Gasteiger partial charge is 0.375 e. The highest BCUT2D eigenvalue weighted by Gasteiger charge is 2.48. The summed E-state index contributed by atoms with van der Waals surface area (Å²) in [5.41, 5.74) is -0.744. The number of hydrogen-bond donors (Lipinski definition) is 2. The second-order valence-electron chi connectivity index (χ2n) is 5.09. The number of thioether (sulfide) groups is 1. The summed E-state index contributed by atoms with van der Waals surface area (Å²) in [5.74, 6) is -0.547. The predicted molar refractivity (Wildman–Crippen MR) is 106 cm³/mol. The summed E-state index contributed by atoms with van der Waals surface area (Å²) in [6.45, 7) is 0. The lowest BCUT2D eigenvalue weighted by atomic mass is 9.92. The van der Waals surface area contributed by atoms with Crippen LogP contribution in [0.5, 0.6) is 0 Å². The van der Waals surface area contributed by atoms with Crippen molar-refractivity contribution in [3.05, 3.63) is 55.2 Å². The smallest absolute Gasteiger partial charge is 0.261 e. The van der Waals surface area contributed by atoms with Crippen LogP contribution >= 0.6 is 56.9 Å². The Morgan fingerprint density at radius 2 is 1.91 bits per heavy atom. The van der Waals surface area contributed by atoms with Gasteiger partial charge in [0.2, 0.25) is 0 Å². The van der Waals surface area contributed by atoms with Crippen molar-refractivity contribution in [1.29, 1.82) is 0 Å². The first-order valence-corrected chi connectivity index (χ1v) is 9.66. The minimum Gasteiger partial charge on any atom is -0.375 e. The zero-order valence-corrected chi connectivity index (χ0v) is 16.8. The summed E-state index contributed by atoms with van der Waals surface area (Å²) >= 11 is 5.26. The lowest BCUT2D eigenvalue weighted by molar-refractivity contribution is -0.137. The van der Waals surface area contributed by atoms with E-state index < -0.39 is 11.5 Å². The third kappa shape index (κ3) is 3.42. The molecule has 0 aromatic heterocycles. The van der Waals surface area contributed by atoms with E-state index in [1.54, 1.807) is 6.07 Å². The molecule has 1 heterocycles. The fourth-order valence-corrected chi connectivity index (χ4v) is 5.59. The van der Waals surface area contributed by atoms with Crippen LogP contribution in [0, 0.1) is 7.14 Å². The van der Waals surface area contributed by atoms with Crippen LogP contribution in [0.3, 0.4) is 0 Å². The minimum atomic E-state index is -1.81. The highest BCUT2D eigenvalue weighted by atomic mass is 127. The van der Waals surface area contributed by atoms with Gasteiger partial charge in [-0.1, -0.05) is 30.0 Å². The van der Waals surface area contributed by atoms with Gasteiger partial charge in [-0.15, -0.1) is 0 Å². The van der Waals surface area contributed by atoms with Crippen LogP contribution < -0.4 is 5.32 Å². The highest BCUT2D eigenvalue weighted by molar-refractivity contribution is 14.1. The molecule has 0 saturated carbocycles. The average Bonchev–Trinajstić information content (AvgIpc) is 2.70. The summed E-state index contributed by atoms with van der Waals surface area (Å²) in [4.78, 5) is 25.4. The molecule has 7 heteroatoms. The molecular weight excluding hydrogens is 540 g/mol. The van der Waals surface area contributed by atoms with E-state index in [0.29, 0.717) is 11.3 Å². The molecule has 0 aliphatic carbocycles. The molecule has 0 spiro atoms. The average molecular weight is 551 g/mol. The lowest BCUT2D eigenvalue weighted by Gasteiger charge is -2.21. The number of anilines is 1. The van der Waals surface area contributed by atoms with Crippen LogP contribution in [-0.4, -0.2) is 16.1 Å². The Kier molecular flexibility index (Phi) is 5.00. The molecular formula is C16H11I2NO3S. The minimum absolute atomic E-state index is 0.254. The Hall–Kier alpha value is -0.650. The molecule has 2 aromatic rings. The van der Waals surface area contributed by atoms with Gasteiger partial charge in [0.05, 0.1) is 6.42 Å². The zero-order chi connectivity index (χ0) is 16.6. The molecule has 0 saturated heterocycles. The van der Waals surface area contributed by atoms with Gasteiger partial charge < -0.3 is 10.4 Å². The van der Waals surface area contributed by atoms with Gasteiger partial charge in [-0.25, -0.2) is 0 Å². The maximum absolute atomic E-state index is 12.3. The van der Waals surface area contributed by atoms with E-state index in [9.17, 15) is 14.7 Å². The molecule has 2 N–H and O–H groups in total. The first-order chi connectivity index (χ1) is 10.9. The molecule has 4 nitrogen and oxygen atoms in total. The van der Waals surface area contributed by atoms with Gasteiger partial charge in [0.25, 0.3) is 5.91 Å². The normalized spacial score (nSPS) is 19.3. The second-order valence-corrected chi connectivity index (χ2v) is 8.63. The fourth-order valence-electron chi connectivity index (χ4n) is 2.47. The van der Waals surface area contributed by atoms with Gasteiger partial charge in [-0.2, -0.15) is 0 Å². The van der Waals surface area contributed by atoms with Crippen molar-refractivity contribution in [2.45, 2.75) is 16.9 Å². The molecule has 1 amide bonds. The quantitative estimate of drug-likeness (QED) is 0.451. The molecule has 0 radical (unpaired) electrons. The third-order valence-electron chi connectivity index (χ3n) is 3.47. The lowest BCUT2D eigenvalue weighted by Crippen LogP contribution is -2.36. The Morgan fingerprint density at radius 1 is 1.22 bits per heavy atom. The number of fused-ring (bicyclic) bond motifs is 1. The molecule has 3 rings (SSSR count). The monoisotopic (exact) mass is 551 g/mol. The van der Waals surface area contributed by atoms with Crippen LogP contribution in [0.25, 0.3) is 0 Å². The summed E-state index contributed by atoms with van der Waals surface area (Å²) in [5, 5.41) is 13.3. The number of carbonyl (C=O) groups is 2. The maximum Gasteiger partial charge on any atom is 0.261 e. The third-order valence-corrected chi connectivity index (χ3v) is 5.82. The number of halogens is 2. The topological polar surface area (TPSA) is 66.4 Å². The van der Waals surface area contributed by atoms with Crippen LogP contribution in [0.1, 0.15) is 12.0 Å². The first kappa shape index (κ1) is 17.2. The van der Waals surface area contributed by atoms with Gasteiger partial charge in [0.1, 0.15) is 0 Å². The molecule has 1 atom stereocenters. The fraction of sp³-hybridized carbons (Fsp3) is 0.125. The maximum atomic E-state index is 12.3. The summed E-state index contributed by atoms with van der Waals surface area (Å²) < 4.78 is 1.73. The highest BCUT2D eigenvalue weighted by Crippen LogP contribution is 2.43. The van der Waals surface area contributed by atoms with E-state index in [2.05, 4.69) is 50.5 Å². The first-order valence-electron chi connectivity index (χ1n) is 6.69. The van der Waals surface area contributed by atoms with Gasteiger partial charge in [0.15, 0.2) is 10.7 Å². The van der Waals surface area contributed by atoms with Gasteiger partial charge in [-0.3, -0.25) is 9.59 Å². The van der Waals surface area contributed by atoms with E-state index >= 15 is 0 Å². The Bertz CT molecular complexity index is 797. The molecule has 1 aliphatic heterocycles. The van der Waals surface area contributed by atoms with Crippen molar-refractivity contribution in [3.63, 3.8) is 0 Å². The number of rotatable bonds is 3. The number of hydrogen-bond acceptors (Lipinski definition) is 4.